The fraction of sp³-hybridized carbons (Fsp3) is 1.00. The molecular weight excluding hydrogens is 316 g/mol. The minimum Gasteiger partial charge on any atom is -0.396 e. The van der Waals surface area contributed by atoms with Gasteiger partial charge in [-0.25, -0.2) is 0 Å². The molecule has 0 amide bonds. The van der Waals surface area contributed by atoms with E-state index in [9.17, 15) is 0 Å². The Labute approximate surface area is 102 Å². The fourth-order valence-electron chi connectivity index (χ4n) is 1.02. The molecule has 0 aromatic heterocycles. The van der Waals surface area contributed by atoms with E-state index in [2.05, 4.69) is 31.9 Å². The second-order valence-corrected chi connectivity index (χ2v) is 4.35. The zero-order chi connectivity index (χ0) is 10.6. The highest BCUT2D eigenvalue weighted by Crippen LogP contribution is 2.13. The second-order valence-electron chi connectivity index (χ2n) is 2.77. The molecule has 0 spiro atoms. The molecular formula is C9H18Br2O3. The largest absolute Gasteiger partial charge is 0.396 e. The summed E-state index contributed by atoms with van der Waals surface area (Å²) in [4.78, 5) is 0. The molecule has 1 atom stereocenters. The molecule has 1 heterocycles. The summed E-state index contributed by atoms with van der Waals surface area (Å²) >= 11 is 6.29. The van der Waals surface area contributed by atoms with E-state index in [0.29, 0.717) is 5.33 Å². The normalized spacial score (nSPS) is 21.2. The minimum atomic E-state index is 0.0753. The third-order valence-corrected chi connectivity index (χ3v) is 2.28. The Balaban J connectivity index is 0.000000364. The van der Waals surface area contributed by atoms with E-state index < -0.39 is 0 Å². The Morgan fingerprint density at radius 1 is 1.29 bits per heavy atom. The summed E-state index contributed by atoms with van der Waals surface area (Å²) in [5.74, 6) is 0. The maximum Gasteiger partial charge on any atom is 0.157 e. The van der Waals surface area contributed by atoms with E-state index >= 15 is 0 Å². The van der Waals surface area contributed by atoms with Gasteiger partial charge in [-0.05, 0) is 19.3 Å². The van der Waals surface area contributed by atoms with Gasteiger partial charge in [0.15, 0.2) is 6.29 Å². The van der Waals surface area contributed by atoms with Crippen LogP contribution in [0.25, 0.3) is 0 Å². The SMILES string of the molecule is BrCCOC1CCCCO1.OCCBr. The molecule has 0 aliphatic carbocycles. The molecule has 1 rings (SSSR count). The lowest BCUT2D eigenvalue weighted by Crippen LogP contribution is -2.22. The minimum absolute atomic E-state index is 0.0753. The first-order valence-corrected chi connectivity index (χ1v) is 7.05. The van der Waals surface area contributed by atoms with Gasteiger partial charge in [-0.1, -0.05) is 31.9 Å². The van der Waals surface area contributed by atoms with Gasteiger partial charge in [-0.2, -0.15) is 0 Å². The van der Waals surface area contributed by atoms with E-state index in [1.807, 2.05) is 0 Å². The third-order valence-electron chi connectivity index (χ3n) is 1.60. The van der Waals surface area contributed by atoms with Gasteiger partial charge in [0, 0.05) is 17.3 Å². The molecule has 0 bridgehead atoms. The number of alkyl halides is 2. The van der Waals surface area contributed by atoms with E-state index in [1.165, 1.54) is 12.8 Å². The van der Waals surface area contributed by atoms with Crippen LogP contribution in [0.5, 0.6) is 0 Å². The van der Waals surface area contributed by atoms with Gasteiger partial charge in [-0.15, -0.1) is 0 Å². The monoisotopic (exact) mass is 332 g/mol. The van der Waals surface area contributed by atoms with Gasteiger partial charge in [0.1, 0.15) is 0 Å². The molecule has 0 radical (unpaired) electrons. The van der Waals surface area contributed by atoms with E-state index in [4.69, 9.17) is 14.6 Å². The second kappa shape index (κ2) is 11.9. The molecule has 1 aliphatic heterocycles. The number of halogens is 2. The number of rotatable bonds is 4. The molecule has 0 aromatic carbocycles. The highest BCUT2D eigenvalue weighted by molar-refractivity contribution is 9.09. The molecule has 86 valence electrons. The van der Waals surface area contributed by atoms with Crippen LogP contribution in [-0.4, -0.2) is 41.9 Å². The number of aliphatic hydroxyl groups is 1. The lowest BCUT2D eigenvalue weighted by Gasteiger charge is -2.22. The van der Waals surface area contributed by atoms with Crippen molar-refractivity contribution >= 4 is 31.9 Å². The highest BCUT2D eigenvalue weighted by Gasteiger charge is 2.12. The van der Waals surface area contributed by atoms with Crippen LogP contribution in [-0.2, 0) is 9.47 Å². The zero-order valence-corrected chi connectivity index (χ0v) is 11.4. The average molecular weight is 334 g/mol. The van der Waals surface area contributed by atoms with Gasteiger partial charge in [0.2, 0.25) is 0 Å². The smallest absolute Gasteiger partial charge is 0.157 e. The maximum absolute atomic E-state index is 7.83. The van der Waals surface area contributed by atoms with Gasteiger partial charge in [0.05, 0.1) is 13.2 Å². The first-order valence-electron chi connectivity index (χ1n) is 4.81. The first kappa shape index (κ1) is 14.8. The van der Waals surface area contributed by atoms with Crippen molar-refractivity contribution in [2.75, 3.05) is 30.5 Å². The van der Waals surface area contributed by atoms with Crippen LogP contribution in [0.1, 0.15) is 19.3 Å². The first-order chi connectivity index (χ1) is 6.85. The summed E-state index contributed by atoms with van der Waals surface area (Å²) in [6.07, 6.45) is 3.57. The summed E-state index contributed by atoms with van der Waals surface area (Å²) in [6.45, 7) is 1.86. The lowest BCUT2D eigenvalue weighted by atomic mass is 10.2. The molecule has 1 aliphatic rings. The van der Waals surface area contributed by atoms with Crippen LogP contribution in [0.15, 0.2) is 0 Å². The predicted molar refractivity (Wildman–Crippen MR) is 64.2 cm³/mol. The number of ether oxygens (including phenoxy) is 2. The van der Waals surface area contributed by atoms with Crippen LogP contribution in [0.4, 0.5) is 0 Å². The lowest BCUT2D eigenvalue weighted by molar-refractivity contribution is -0.158. The van der Waals surface area contributed by atoms with E-state index in [1.54, 1.807) is 0 Å². The van der Waals surface area contributed by atoms with Crippen molar-refractivity contribution in [1.82, 2.24) is 0 Å². The molecule has 1 unspecified atom stereocenters. The number of aliphatic hydroxyl groups excluding tert-OH is 1. The predicted octanol–water partition coefficient (Wildman–Crippen LogP) is 2.30. The van der Waals surface area contributed by atoms with Crippen molar-refractivity contribution in [3.8, 4) is 0 Å². The number of hydrogen-bond donors (Lipinski definition) is 1. The Bertz CT molecular complexity index is 106. The van der Waals surface area contributed by atoms with Crippen LogP contribution in [0, 0.1) is 0 Å². The molecule has 0 saturated carbocycles. The Morgan fingerprint density at radius 3 is 2.43 bits per heavy atom. The Kier molecular flexibility index (Phi) is 12.6. The van der Waals surface area contributed by atoms with Crippen LogP contribution < -0.4 is 0 Å². The van der Waals surface area contributed by atoms with Crippen LogP contribution >= 0.6 is 31.9 Å². The van der Waals surface area contributed by atoms with Crippen LogP contribution in [0.2, 0.25) is 0 Å². The molecule has 1 N–H and O–H groups in total. The van der Waals surface area contributed by atoms with Crippen molar-refractivity contribution in [3.05, 3.63) is 0 Å². The highest BCUT2D eigenvalue weighted by atomic mass is 79.9. The molecule has 5 heteroatoms. The summed E-state index contributed by atoms with van der Waals surface area (Å²) in [6, 6.07) is 0. The zero-order valence-electron chi connectivity index (χ0n) is 8.25. The van der Waals surface area contributed by atoms with Gasteiger partial charge < -0.3 is 14.6 Å². The summed E-state index contributed by atoms with van der Waals surface area (Å²) in [5.41, 5.74) is 0. The standard InChI is InChI=1S/C7H13BrO2.C2H5BrO/c8-4-6-10-7-3-1-2-5-9-7;3-1-2-4/h7H,1-6H2;4H,1-2H2. The van der Waals surface area contributed by atoms with Gasteiger partial charge in [-0.3, -0.25) is 0 Å². The molecule has 0 aromatic rings. The van der Waals surface area contributed by atoms with Crippen molar-refractivity contribution in [2.45, 2.75) is 25.6 Å². The topological polar surface area (TPSA) is 38.7 Å². The molecule has 1 fully saturated rings. The van der Waals surface area contributed by atoms with Gasteiger partial charge in [0.25, 0.3) is 0 Å². The van der Waals surface area contributed by atoms with E-state index in [-0.39, 0.29) is 12.9 Å². The third kappa shape index (κ3) is 9.40. The maximum atomic E-state index is 7.83. The Morgan fingerprint density at radius 2 is 2.00 bits per heavy atom. The van der Waals surface area contributed by atoms with Gasteiger partial charge >= 0.3 is 0 Å². The Hall–Kier alpha value is 0.840. The van der Waals surface area contributed by atoms with Crippen molar-refractivity contribution in [2.24, 2.45) is 0 Å². The van der Waals surface area contributed by atoms with Crippen LogP contribution in [0.3, 0.4) is 0 Å². The van der Waals surface area contributed by atoms with E-state index in [0.717, 1.165) is 25.0 Å². The summed E-state index contributed by atoms with van der Waals surface area (Å²) in [5, 5.41) is 9.41. The van der Waals surface area contributed by atoms with Crippen molar-refractivity contribution in [3.63, 3.8) is 0 Å². The summed E-state index contributed by atoms with van der Waals surface area (Å²) < 4.78 is 10.7. The average Bonchev–Trinajstić information content (AvgIpc) is 2.28. The molecule has 1 saturated heterocycles. The number of hydrogen-bond acceptors (Lipinski definition) is 3. The summed E-state index contributed by atoms with van der Waals surface area (Å²) in [7, 11) is 0. The molecule has 3 nitrogen and oxygen atoms in total. The quantitative estimate of drug-likeness (QED) is 0.802. The molecule has 14 heavy (non-hydrogen) atoms. The van der Waals surface area contributed by atoms with Crippen molar-refractivity contribution < 1.29 is 14.6 Å². The fourth-order valence-corrected chi connectivity index (χ4v) is 1.21. The van der Waals surface area contributed by atoms with Crippen molar-refractivity contribution in [1.29, 1.82) is 0 Å².